The highest BCUT2D eigenvalue weighted by Crippen LogP contribution is 2.42. The van der Waals surface area contributed by atoms with Crippen LogP contribution >= 0.6 is 0 Å². The summed E-state index contributed by atoms with van der Waals surface area (Å²) in [6.45, 7) is 1.98. The molecule has 3 heterocycles. The van der Waals surface area contributed by atoms with Crippen molar-refractivity contribution in [2.45, 2.75) is 38.1 Å². The minimum Gasteiger partial charge on any atom is -0.493 e. The zero-order valence-electron chi connectivity index (χ0n) is 17.0. The highest BCUT2D eigenvalue weighted by molar-refractivity contribution is 5.76. The second-order valence-corrected chi connectivity index (χ2v) is 7.82. The molecule has 2 aromatic carbocycles. The van der Waals surface area contributed by atoms with Crippen molar-refractivity contribution in [1.82, 2.24) is 4.90 Å². The van der Waals surface area contributed by atoms with Gasteiger partial charge in [-0.1, -0.05) is 18.2 Å². The number of carbonyl (C=O) groups excluding carboxylic acids is 1. The summed E-state index contributed by atoms with van der Waals surface area (Å²) in [5.41, 5.74) is 2.06. The maximum Gasteiger partial charge on any atom is 0.231 e. The zero-order chi connectivity index (χ0) is 20.6. The van der Waals surface area contributed by atoms with E-state index in [1.165, 1.54) is 0 Å². The van der Waals surface area contributed by atoms with Crippen LogP contribution in [-0.2, 0) is 22.6 Å². The molecule has 0 saturated carbocycles. The smallest absolute Gasteiger partial charge is 0.231 e. The lowest BCUT2D eigenvalue weighted by atomic mass is 10.00. The van der Waals surface area contributed by atoms with Gasteiger partial charge >= 0.3 is 0 Å². The van der Waals surface area contributed by atoms with E-state index in [4.69, 9.17) is 23.7 Å². The van der Waals surface area contributed by atoms with Crippen molar-refractivity contribution < 1.29 is 28.5 Å². The zero-order valence-corrected chi connectivity index (χ0v) is 17.0. The van der Waals surface area contributed by atoms with Crippen LogP contribution in [0.1, 0.15) is 30.4 Å². The average Bonchev–Trinajstić information content (AvgIpc) is 3.25. The van der Waals surface area contributed by atoms with Crippen molar-refractivity contribution in [1.29, 1.82) is 0 Å². The molecule has 158 valence electrons. The van der Waals surface area contributed by atoms with E-state index in [2.05, 4.69) is 0 Å². The van der Waals surface area contributed by atoms with Gasteiger partial charge in [-0.05, 0) is 30.2 Å². The molecule has 0 bridgehead atoms. The fourth-order valence-electron chi connectivity index (χ4n) is 4.23. The molecule has 0 unspecified atom stereocenters. The van der Waals surface area contributed by atoms with Gasteiger partial charge in [-0.15, -0.1) is 0 Å². The number of carbonyl (C=O) groups is 1. The summed E-state index contributed by atoms with van der Waals surface area (Å²) in [4.78, 5) is 14.6. The van der Waals surface area contributed by atoms with Crippen LogP contribution in [0.3, 0.4) is 0 Å². The third kappa shape index (κ3) is 3.54. The summed E-state index contributed by atoms with van der Waals surface area (Å²) in [5, 5.41) is 0. The normalized spacial score (nSPS) is 18.6. The Morgan fingerprint density at radius 3 is 2.80 bits per heavy atom. The van der Waals surface area contributed by atoms with Gasteiger partial charge < -0.3 is 28.6 Å². The Morgan fingerprint density at radius 2 is 1.97 bits per heavy atom. The molecule has 0 radical (unpaired) electrons. The molecule has 0 aromatic heterocycles. The van der Waals surface area contributed by atoms with Gasteiger partial charge in [-0.25, -0.2) is 0 Å². The molecule has 1 fully saturated rings. The van der Waals surface area contributed by atoms with Gasteiger partial charge in [0.1, 0.15) is 0 Å². The number of amides is 1. The summed E-state index contributed by atoms with van der Waals surface area (Å²) in [7, 11) is 1.64. The van der Waals surface area contributed by atoms with E-state index in [9.17, 15) is 4.79 Å². The number of nitrogens with zero attached hydrogens (tertiary/aromatic N) is 1. The topological polar surface area (TPSA) is 66.5 Å². The van der Waals surface area contributed by atoms with Crippen LogP contribution < -0.4 is 18.9 Å². The van der Waals surface area contributed by atoms with Gasteiger partial charge in [0.2, 0.25) is 18.5 Å². The molecule has 3 aliphatic rings. The van der Waals surface area contributed by atoms with Gasteiger partial charge in [-0.2, -0.15) is 0 Å². The number of fused-ring (bicyclic) bond motifs is 2. The van der Waals surface area contributed by atoms with Crippen molar-refractivity contribution >= 4 is 5.91 Å². The number of hydrogen-bond acceptors (Lipinski definition) is 6. The van der Waals surface area contributed by atoms with Crippen LogP contribution in [0.4, 0.5) is 0 Å². The summed E-state index contributed by atoms with van der Waals surface area (Å²) in [5.74, 6) is 2.46. The Morgan fingerprint density at radius 1 is 1.13 bits per heavy atom. The number of aryl methyl sites for hydroxylation is 1. The Labute approximate surface area is 175 Å². The third-order valence-electron chi connectivity index (χ3n) is 6.00. The summed E-state index contributed by atoms with van der Waals surface area (Å²) in [6, 6.07) is 11.7. The SMILES string of the molecule is COc1cccc2c1OC1(CCN(C(=O)CCc3ccc4c(c3)OCO4)CC1)OC2. The maximum atomic E-state index is 12.7. The molecule has 30 heavy (non-hydrogen) atoms. The lowest BCUT2D eigenvalue weighted by Crippen LogP contribution is -2.52. The summed E-state index contributed by atoms with van der Waals surface area (Å²) in [6.07, 6.45) is 2.42. The second kappa shape index (κ2) is 7.72. The van der Waals surface area contributed by atoms with E-state index < -0.39 is 5.79 Å². The van der Waals surface area contributed by atoms with E-state index in [1.54, 1.807) is 7.11 Å². The number of ether oxygens (including phenoxy) is 5. The van der Waals surface area contributed by atoms with E-state index in [1.807, 2.05) is 41.3 Å². The minimum absolute atomic E-state index is 0.149. The number of likely N-dealkylation sites (tertiary alicyclic amines) is 1. The summed E-state index contributed by atoms with van der Waals surface area (Å²) >= 11 is 0. The van der Waals surface area contributed by atoms with Gasteiger partial charge in [0.05, 0.1) is 13.7 Å². The van der Waals surface area contributed by atoms with Gasteiger partial charge in [0.25, 0.3) is 0 Å². The third-order valence-corrected chi connectivity index (χ3v) is 6.00. The number of benzene rings is 2. The fourth-order valence-corrected chi connectivity index (χ4v) is 4.23. The highest BCUT2D eigenvalue weighted by atomic mass is 16.7. The maximum absolute atomic E-state index is 12.7. The van der Waals surface area contributed by atoms with Gasteiger partial charge in [0, 0.05) is 37.9 Å². The van der Waals surface area contributed by atoms with Gasteiger partial charge in [0.15, 0.2) is 23.0 Å². The predicted molar refractivity (Wildman–Crippen MR) is 108 cm³/mol. The summed E-state index contributed by atoms with van der Waals surface area (Å²) < 4.78 is 28.6. The molecule has 1 spiro atoms. The van der Waals surface area contributed by atoms with E-state index in [0.29, 0.717) is 45.4 Å². The number of piperidine rings is 1. The predicted octanol–water partition coefficient (Wildman–Crippen LogP) is 3.28. The molecule has 1 saturated heterocycles. The van der Waals surface area contributed by atoms with Crippen LogP contribution in [0.5, 0.6) is 23.0 Å². The Balaban J connectivity index is 1.17. The Bertz CT molecular complexity index is 936. The van der Waals surface area contributed by atoms with Crippen molar-refractivity contribution in [3.05, 3.63) is 47.5 Å². The fraction of sp³-hybridized carbons (Fsp3) is 0.435. The second-order valence-electron chi connectivity index (χ2n) is 7.82. The van der Waals surface area contributed by atoms with E-state index >= 15 is 0 Å². The molecule has 0 aliphatic carbocycles. The first-order chi connectivity index (χ1) is 14.7. The number of hydrogen-bond donors (Lipinski definition) is 0. The van der Waals surface area contributed by atoms with Crippen molar-refractivity contribution in [3.63, 3.8) is 0 Å². The molecular weight excluding hydrogens is 386 g/mol. The molecule has 0 N–H and O–H groups in total. The number of para-hydroxylation sites is 1. The molecule has 2 aromatic rings. The first kappa shape index (κ1) is 19.1. The largest absolute Gasteiger partial charge is 0.493 e. The van der Waals surface area contributed by atoms with E-state index in [-0.39, 0.29) is 12.7 Å². The quantitative estimate of drug-likeness (QED) is 0.769. The molecule has 7 heteroatoms. The first-order valence-corrected chi connectivity index (χ1v) is 10.3. The molecular formula is C23H25NO6. The Kier molecular flexibility index (Phi) is 4.90. The lowest BCUT2D eigenvalue weighted by molar-refractivity contribution is -0.228. The van der Waals surface area contributed by atoms with Gasteiger partial charge in [-0.3, -0.25) is 4.79 Å². The van der Waals surface area contributed by atoms with Crippen molar-refractivity contribution in [2.24, 2.45) is 0 Å². The van der Waals surface area contributed by atoms with E-state index in [0.717, 1.165) is 34.1 Å². The van der Waals surface area contributed by atoms with Crippen LogP contribution in [0.15, 0.2) is 36.4 Å². The minimum atomic E-state index is -0.685. The van der Waals surface area contributed by atoms with Crippen molar-refractivity contribution in [2.75, 3.05) is 27.0 Å². The molecule has 3 aliphatic heterocycles. The van der Waals surface area contributed by atoms with Crippen LogP contribution in [0.2, 0.25) is 0 Å². The Hall–Kier alpha value is -2.93. The number of methoxy groups -OCH3 is 1. The monoisotopic (exact) mass is 411 g/mol. The molecule has 7 nitrogen and oxygen atoms in total. The molecule has 1 amide bonds. The van der Waals surface area contributed by atoms with Crippen molar-refractivity contribution in [3.8, 4) is 23.0 Å². The van der Waals surface area contributed by atoms with Crippen LogP contribution in [0.25, 0.3) is 0 Å². The number of rotatable bonds is 4. The molecule has 0 atom stereocenters. The average molecular weight is 411 g/mol. The first-order valence-electron chi connectivity index (χ1n) is 10.3. The molecule has 5 rings (SSSR count). The standard InChI is InChI=1S/C23H25NO6/c1-26-19-4-2-3-17-14-29-23(30-22(17)19)9-11-24(12-10-23)21(25)8-6-16-5-7-18-20(13-16)28-15-27-18/h2-5,7,13H,6,8-12,14-15H2,1H3. The van der Waals surface area contributed by atoms with Crippen LogP contribution in [0, 0.1) is 0 Å². The van der Waals surface area contributed by atoms with Crippen LogP contribution in [-0.4, -0.2) is 43.6 Å². The lowest BCUT2D eigenvalue weighted by Gasteiger charge is -2.44. The highest BCUT2D eigenvalue weighted by Gasteiger charge is 2.42.